The van der Waals surface area contributed by atoms with Gasteiger partial charge in [0.15, 0.2) is 6.61 Å². The van der Waals surface area contributed by atoms with Gasteiger partial charge in [0.05, 0.1) is 11.3 Å². The first-order valence-corrected chi connectivity index (χ1v) is 6.10. The summed E-state index contributed by atoms with van der Waals surface area (Å²) in [6, 6.07) is 12.5. The van der Waals surface area contributed by atoms with Crippen LogP contribution >= 0.6 is 0 Å². The molecule has 6 heteroatoms. The molecule has 0 aliphatic carbocycles. The average Bonchev–Trinajstić information content (AvgIpc) is 2.48. The third kappa shape index (κ3) is 3.97. The number of aromatic carboxylic acids is 1. The number of nitrogens with one attached hydrogen (secondary N) is 1. The van der Waals surface area contributed by atoms with Gasteiger partial charge in [-0.1, -0.05) is 18.2 Å². The highest BCUT2D eigenvalue weighted by Gasteiger charge is 2.10. The Kier molecular flexibility index (Phi) is 4.40. The molecule has 21 heavy (non-hydrogen) atoms. The minimum absolute atomic E-state index is 0.0639. The fourth-order valence-corrected chi connectivity index (χ4v) is 1.62. The van der Waals surface area contributed by atoms with Crippen molar-refractivity contribution in [3.63, 3.8) is 0 Å². The number of carbonyl (C=O) groups is 2. The van der Waals surface area contributed by atoms with E-state index in [0.29, 0.717) is 5.75 Å². The minimum Gasteiger partial charge on any atom is -0.506 e. The molecule has 2 aromatic carbocycles. The van der Waals surface area contributed by atoms with Crippen molar-refractivity contribution >= 4 is 17.6 Å². The van der Waals surface area contributed by atoms with Crippen LogP contribution in [0, 0.1) is 0 Å². The van der Waals surface area contributed by atoms with Crippen LogP contribution in [0.5, 0.6) is 11.5 Å². The number of carbonyl (C=O) groups excluding carboxylic acids is 1. The van der Waals surface area contributed by atoms with Gasteiger partial charge >= 0.3 is 5.97 Å². The van der Waals surface area contributed by atoms with Crippen LogP contribution in [0.2, 0.25) is 0 Å². The van der Waals surface area contributed by atoms with Gasteiger partial charge in [0.1, 0.15) is 11.5 Å². The van der Waals surface area contributed by atoms with E-state index < -0.39 is 11.9 Å². The number of carboxylic acids is 1. The lowest BCUT2D eigenvalue weighted by molar-refractivity contribution is -0.118. The zero-order valence-electron chi connectivity index (χ0n) is 10.9. The first-order chi connectivity index (χ1) is 10.1. The summed E-state index contributed by atoms with van der Waals surface area (Å²) in [7, 11) is 0. The first-order valence-electron chi connectivity index (χ1n) is 6.10. The lowest BCUT2D eigenvalue weighted by Gasteiger charge is -2.09. The van der Waals surface area contributed by atoms with Gasteiger partial charge in [-0.05, 0) is 30.3 Å². The van der Waals surface area contributed by atoms with Crippen LogP contribution in [0.25, 0.3) is 0 Å². The lowest BCUT2D eigenvalue weighted by atomic mass is 10.2. The summed E-state index contributed by atoms with van der Waals surface area (Å²) in [4.78, 5) is 22.4. The number of phenolic OH excluding ortho intramolecular Hbond substituents is 1. The van der Waals surface area contributed by atoms with Gasteiger partial charge in [-0.2, -0.15) is 0 Å². The fourth-order valence-electron chi connectivity index (χ4n) is 1.62. The van der Waals surface area contributed by atoms with E-state index >= 15 is 0 Å². The van der Waals surface area contributed by atoms with Crippen LogP contribution in [0.4, 0.5) is 5.69 Å². The minimum atomic E-state index is -1.16. The number of hydrogen-bond acceptors (Lipinski definition) is 4. The number of anilines is 1. The van der Waals surface area contributed by atoms with Crippen molar-refractivity contribution in [2.45, 2.75) is 0 Å². The van der Waals surface area contributed by atoms with Crippen molar-refractivity contribution in [3.8, 4) is 11.5 Å². The molecule has 0 aliphatic heterocycles. The molecule has 0 aromatic heterocycles. The standard InChI is InChI=1S/C15H13NO5/c17-13-8-10(15(19)20)6-7-12(13)16-14(18)9-21-11-4-2-1-3-5-11/h1-8,17H,9H2,(H,16,18)(H,19,20). The number of aromatic hydroxyl groups is 1. The number of para-hydroxylation sites is 1. The second-order valence-corrected chi connectivity index (χ2v) is 4.19. The maximum atomic E-state index is 11.7. The van der Waals surface area contributed by atoms with Crippen molar-refractivity contribution in [3.05, 3.63) is 54.1 Å². The molecule has 0 radical (unpaired) electrons. The Morgan fingerprint density at radius 2 is 1.81 bits per heavy atom. The Morgan fingerprint density at radius 3 is 2.43 bits per heavy atom. The fraction of sp³-hybridized carbons (Fsp3) is 0.0667. The van der Waals surface area contributed by atoms with Crippen LogP contribution in [0.15, 0.2) is 48.5 Å². The maximum absolute atomic E-state index is 11.7. The number of carboxylic acid groups (broad SMARTS) is 1. The Bertz CT molecular complexity index is 654. The molecule has 0 aliphatic rings. The lowest BCUT2D eigenvalue weighted by Crippen LogP contribution is -2.20. The molecule has 2 aromatic rings. The molecule has 0 unspecified atom stereocenters. The zero-order valence-corrected chi connectivity index (χ0v) is 10.9. The van der Waals surface area contributed by atoms with Crippen molar-refractivity contribution in [1.29, 1.82) is 0 Å². The molecule has 0 fully saturated rings. The van der Waals surface area contributed by atoms with Crippen molar-refractivity contribution in [1.82, 2.24) is 0 Å². The Balaban J connectivity index is 1.95. The van der Waals surface area contributed by atoms with Crippen LogP contribution in [0.3, 0.4) is 0 Å². The summed E-state index contributed by atoms with van der Waals surface area (Å²) in [6.07, 6.45) is 0. The number of phenols is 1. The van der Waals surface area contributed by atoms with E-state index in [9.17, 15) is 14.7 Å². The largest absolute Gasteiger partial charge is 0.506 e. The highest BCUT2D eigenvalue weighted by atomic mass is 16.5. The van der Waals surface area contributed by atoms with Crippen molar-refractivity contribution in [2.24, 2.45) is 0 Å². The van der Waals surface area contributed by atoms with E-state index in [2.05, 4.69) is 5.32 Å². The highest BCUT2D eigenvalue weighted by molar-refractivity contribution is 5.95. The number of ether oxygens (including phenoxy) is 1. The highest BCUT2D eigenvalue weighted by Crippen LogP contribution is 2.24. The van der Waals surface area contributed by atoms with Crippen LogP contribution < -0.4 is 10.1 Å². The monoisotopic (exact) mass is 287 g/mol. The van der Waals surface area contributed by atoms with Crippen LogP contribution in [-0.4, -0.2) is 28.7 Å². The molecule has 6 nitrogen and oxygen atoms in total. The Hall–Kier alpha value is -3.02. The van der Waals surface area contributed by atoms with Crippen molar-refractivity contribution in [2.75, 3.05) is 11.9 Å². The molecule has 0 heterocycles. The van der Waals surface area contributed by atoms with Crippen molar-refractivity contribution < 1.29 is 24.5 Å². The topological polar surface area (TPSA) is 95.9 Å². The SMILES string of the molecule is O=C(COc1ccccc1)Nc1ccc(C(=O)O)cc1O. The summed E-state index contributed by atoms with van der Waals surface area (Å²) < 4.78 is 5.25. The summed E-state index contributed by atoms with van der Waals surface area (Å²) >= 11 is 0. The zero-order chi connectivity index (χ0) is 15.2. The molecule has 0 spiro atoms. The second kappa shape index (κ2) is 6.42. The predicted octanol–water partition coefficient (Wildman–Crippen LogP) is 2.11. The molecule has 0 saturated carbocycles. The van der Waals surface area contributed by atoms with Crippen LogP contribution in [0.1, 0.15) is 10.4 Å². The summed E-state index contributed by atoms with van der Waals surface area (Å²) in [5.74, 6) is -1.38. The van der Waals surface area contributed by atoms with E-state index in [1.54, 1.807) is 24.3 Å². The second-order valence-electron chi connectivity index (χ2n) is 4.19. The van der Waals surface area contributed by atoms with Gasteiger partial charge in [0.2, 0.25) is 0 Å². The van der Waals surface area contributed by atoms with E-state index in [-0.39, 0.29) is 23.6 Å². The molecule has 0 saturated heterocycles. The Labute approximate surface area is 120 Å². The van der Waals surface area contributed by atoms with Gasteiger partial charge in [0, 0.05) is 0 Å². The third-order valence-electron chi connectivity index (χ3n) is 2.63. The molecule has 0 bridgehead atoms. The molecule has 3 N–H and O–H groups in total. The number of rotatable bonds is 5. The predicted molar refractivity (Wildman–Crippen MR) is 75.6 cm³/mol. The van der Waals surface area contributed by atoms with Gasteiger partial charge in [-0.25, -0.2) is 4.79 Å². The van der Waals surface area contributed by atoms with Gasteiger partial charge in [-0.15, -0.1) is 0 Å². The molecular weight excluding hydrogens is 274 g/mol. The number of benzene rings is 2. The van der Waals surface area contributed by atoms with E-state index in [1.165, 1.54) is 12.1 Å². The van der Waals surface area contributed by atoms with Gasteiger partial charge in [-0.3, -0.25) is 4.79 Å². The molecule has 1 amide bonds. The van der Waals surface area contributed by atoms with Crippen LogP contribution in [-0.2, 0) is 4.79 Å². The molecule has 2 rings (SSSR count). The number of hydrogen-bond donors (Lipinski definition) is 3. The first kappa shape index (κ1) is 14.4. The molecule has 108 valence electrons. The van der Waals surface area contributed by atoms with E-state index in [0.717, 1.165) is 6.07 Å². The summed E-state index contributed by atoms with van der Waals surface area (Å²) in [5, 5.41) is 20.9. The molecular formula is C15H13NO5. The van der Waals surface area contributed by atoms with E-state index in [1.807, 2.05) is 6.07 Å². The molecule has 0 atom stereocenters. The summed E-state index contributed by atoms with van der Waals surface area (Å²) in [5.41, 5.74) is 0.0627. The smallest absolute Gasteiger partial charge is 0.335 e. The summed E-state index contributed by atoms with van der Waals surface area (Å²) in [6.45, 7) is -0.218. The third-order valence-corrected chi connectivity index (χ3v) is 2.63. The normalized spacial score (nSPS) is 9.90. The maximum Gasteiger partial charge on any atom is 0.335 e. The van der Waals surface area contributed by atoms with E-state index in [4.69, 9.17) is 9.84 Å². The Morgan fingerprint density at radius 1 is 1.10 bits per heavy atom. The van der Waals surface area contributed by atoms with Gasteiger partial charge < -0.3 is 20.3 Å². The number of amides is 1. The average molecular weight is 287 g/mol. The quantitative estimate of drug-likeness (QED) is 0.732. The van der Waals surface area contributed by atoms with Gasteiger partial charge in [0.25, 0.3) is 5.91 Å².